The lowest BCUT2D eigenvalue weighted by Crippen LogP contribution is -2.43. The van der Waals surface area contributed by atoms with E-state index in [1.54, 1.807) is 6.07 Å². The maximum atomic E-state index is 12.0. The highest BCUT2D eigenvalue weighted by Crippen LogP contribution is 2.21. The van der Waals surface area contributed by atoms with Crippen LogP contribution in [0.4, 0.5) is 5.69 Å². The van der Waals surface area contributed by atoms with E-state index in [0.29, 0.717) is 5.02 Å². The predicted octanol–water partition coefficient (Wildman–Crippen LogP) is 2.12. The molecule has 1 saturated heterocycles. The van der Waals surface area contributed by atoms with Crippen LogP contribution in [0.2, 0.25) is 5.02 Å². The molecule has 1 aliphatic rings. The van der Waals surface area contributed by atoms with Crippen LogP contribution in [0.25, 0.3) is 0 Å². The van der Waals surface area contributed by atoms with Gasteiger partial charge in [0, 0.05) is 5.02 Å². The highest BCUT2D eigenvalue weighted by atomic mass is 35.5. The van der Waals surface area contributed by atoms with Crippen molar-refractivity contribution in [3.63, 3.8) is 0 Å². The molecule has 2 rings (SSSR count). The fourth-order valence-electron chi connectivity index (χ4n) is 2.10. The molecular formula is C13H15ClN2O3. The smallest absolute Gasteiger partial charge is 0.337 e. The Morgan fingerprint density at radius 3 is 2.79 bits per heavy atom. The molecule has 19 heavy (non-hydrogen) atoms. The molecule has 0 saturated carbocycles. The average molecular weight is 283 g/mol. The molecule has 5 nitrogen and oxygen atoms in total. The van der Waals surface area contributed by atoms with Gasteiger partial charge in [-0.1, -0.05) is 18.0 Å². The molecule has 0 radical (unpaired) electrons. The molecule has 1 aromatic rings. The van der Waals surface area contributed by atoms with E-state index in [2.05, 4.69) is 10.6 Å². The van der Waals surface area contributed by atoms with Crippen LogP contribution >= 0.6 is 11.6 Å². The summed E-state index contributed by atoms with van der Waals surface area (Å²) in [6.45, 7) is 0.810. The quantitative estimate of drug-likeness (QED) is 0.793. The van der Waals surface area contributed by atoms with Crippen molar-refractivity contribution in [2.75, 3.05) is 11.9 Å². The number of hydrogen-bond acceptors (Lipinski definition) is 3. The van der Waals surface area contributed by atoms with Crippen LogP contribution in [0, 0.1) is 0 Å². The molecule has 1 aliphatic heterocycles. The van der Waals surface area contributed by atoms with E-state index >= 15 is 0 Å². The lowest BCUT2D eigenvalue weighted by Gasteiger charge is -2.22. The van der Waals surface area contributed by atoms with Gasteiger partial charge in [0.1, 0.15) is 0 Å². The van der Waals surface area contributed by atoms with Crippen molar-refractivity contribution in [1.82, 2.24) is 5.32 Å². The molecule has 3 N–H and O–H groups in total. The van der Waals surface area contributed by atoms with Crippen molar-refractivity contribution in [2.24, 2.45) is 0 Å². The Morgan fingerprint density at radius 2 is 2.16 bits per heavy atom. The number of anilines is 1. The van der Waals surface area contributed by atoms with Crippen LogP contribution in [0.5, 0.6) is 0 Å². The molecule has 1 heterocycles. The fraction of sp³-hybridized carbons (Fsp3) is 0.385. The minimum absolute atomic E-state index is 0.00309. The van der Waals surface area contributed by atoms with E-state index in [0.717, 1.165) is 25.8 Å². The van der Waals surface area contributed by atoms with Gasteiger partial charge in [0.15, 0.2) is 0 Å². The van der Waals surface area contributed by atoms with Crippen LogP contribution in [0.3, 0.4) is 0 Å². The van der Waals surface area contributed by atoms with Gasteiger partial charge in [0.2, 0.25) is 5.91 Å². The first-order valence-corrected chi connectivity index (χ1v) is 6.53. The summed E-state index contributed by atoms with van der Waals surface area (Å²) in [4.78, 5) is 23.1. The summed E-state index contributed by atoms with van der Waals surface area (Å²) in [5, 5.41) is 15.2. The van der Waals surface area contributed by atoms with E-state index in [-0.39, 0.29) is 23.2 Å². The standard InChI is InChI=1S/C13H15ClN2O3/c14-8-4-5-10(9(7-8)13(18)19)16-12(17)11-3-1-2-6-15-11/h4-5,7,11,15H,1-3,6H2,(H,16,17)(H,18,19). The maximum absolute atomic E-state index is 12.0. The number of carboxylic acid groups (broad SMARTS) is 1. The molecule has 1 amide bonds. The highest BCUT2D eigenvalue weighted by Gasteiger charge is 2.22. The van der Waals surface area contributed by atoms with Gasteiger partial charge in [-0.25, -0.2) is 4.79 Å². The van der Waals surface area contributed by atoms with E-state index in [1.165, 1.54) is 12.1 Å². The average Bonchev–Trinajstić information content (AvgIpc) is 2.41. The summed E-state index contributed by atoms with van der Waals surface area (Å²) in [5.74, 6) is -1.32. The van der Waals surface area contributed by atoms with Gasteiger partial charge in [-0.15, -0.1) is 0 Å². The Labute approximate surface area is 116 Å². The molecular weight excluding hydrogens is 268 g/mol. The van der Waals surface area contributed by atoms with Gasteiger partial charge in [-0.2, -0.15) is 0 Å². The maximum Gasteiger partial charge on any atom is 0.337 e. The zero-order valence-corrected chi connectivity index (χ0v) is 11.0. The number of hydrogen-bond donors (Lipinski definition) is 3. The summed E-state index contributed by atoms with van der Waals surface area (Å²) in [6, 6.07) is 4.13. The summed E-state index contributed by atoms with van der Waals surface area (Å²) in [7, 11) is 0. The first kappa shape index (κ1) is 13.8. The molecule has 0 aliphatic carbocycles. The first-order chi connectivity index (χ1) is 9.08. The Kier molecular flexibility index (Phi) is 4.39. The highest BCUT2D eigenvalue weighted by molar-refractivity contribution is 6.31. The lowest BCUT2D eigenvalue weighted by atomic mass is 10.0. The number of benzene rings is 1. The number of piperidine rings is 1. The van der Waals surface area contributed by atoms with Crippen LogP contribution in [-0.2, 0) is 4.79 Å². The largest absolute Gasteiger partial charge is 0.478 e. The summed E-state index contributed by atoms with van der Waals surface area (Å²) in [5.41, 5.74) is 0.269. The number of aromatic carboxylic acids is 1. The molecule has 1 fully saturated rings. The molecule has 1 atom stereocenters. The molecule has 6 heteroatoms. The Morgan fingerprint density at radius 1 is 1.37 bits per heavy atom. The van der Waals surface area contributed by atoms with Crippen molar-refractivity contribution in [3.05, 3.63) is 28.8 Å². The molecule has 1 unspecified atom stereocenters. The van der Waals surface area contributed by atoms with Crippen molar-refractivity contribution in [3.8, 4) is 0 Å². The predicted molar refractivity (Wildman–Crippen MR) is 72.7 cm³/mol. The number of carboxylic acids is 1. The van der Waals surface area contributed by atoms with Crippen molar-refractivity contribution >= 4 is 29.2 Å². The molecule has 0 bridgehead atoms. The third-order valence-corrected chi connectivity index (χ3v) is 3.33. The number of halogens is 1. The number of carbonyl (C=O) groups is 2. The van der Waals surface area contributed by atoms with Gasteiger partial charge < -0.3 is 15.7 Å². The van der Waals surface area contributed by atoms with E-state index in [9.17, 15) is 9.59 Å². The third kappa shape index (κ3) is 3.45. The number of rotatable bonds is 3. The first-order valence-electron chi connectivity index (χ1n) is 6.15. The summed E-state index contributed by atoms with van der Waals surface area (Å²) >= 11 is 5.76. The SMILES string of the molecule is O=C(O)c1cc(Cl)ccc1NC(=O)C1CCCCN1. The van der Waals surface area contributed by atoms with Gasteiger partial charge in [-0.3, -0.25) is 4.79 Å². The monoisotopic (exact) mass is 282 g/mol. The topological polar surface area (TPSA) is 78.4 Å². The molecule has 0 aromatic heterocycles. The van der Waals surface area contributed by atoms with Crippen molar-refractivity contribution in [2.45, 2.75) is 25.3 Å². The molecule has 1 aromatic carbocycles. The second kappa shape index (κ2) is 6.04. The van der Waals surface area contributed by atoms with Crippen LogP contribution in [0.15, 0.2) is 18.2 Å². The Hall–Kier alpha value is -1.59. The Bertz CT molecular complexity index is 499. The zero-order chi connectivity index (χ0) is 13.8. The van der Waals surface area contributed by atoms with Crippen LogP contribution in [-0.4, -0.2) is 29.6 Å². The third-order valence-electron chi connectivity index (χ3n) is 3.10. The van der Waals surface area contributed by atoms with Gasteiger partial charge in [0.05, 0.1) is 17.3 Å². The van der Waals surface area contributed by atoms with E-state index < -0.39 is 5.97 Å². The van der Waals surface area contributed by atoms with Crippen molar-refractivity contribution in [1.29, 1.82) is 0 Å². The van der Waals surface area contributed by atoms with Crippen LogP contribution in [0.1, 0.15) is 29.6 Å². The minimum Gasteiger partial charge on any atom is -0.478 e. The van der Waals surface area contributed by atoms with Crippen LogP contribution < -0.4 is 10.6 Å². The number of carbonyl (C=O) groups excluding carboxylic acids is 1. The van der Waals surface area contributed by atoms with Crippen molar-refractivity contribution < 1.29 is 14.7 Å². The zero-order valence-electron chi connectivity index (χ0n) is 10.3. The van der Waals surface area contributed by atoms with Gasteiger partial charge in [0.25, 0.3) is 0 Å². The summed E-state index contributed by atoms with van der Waals surface area (Å²) in [6.07, 6.45) is 2.82. The lowest BCUT2D eigenvalue weighted by molar-refractivity contribution is -0.118. The Balaban J connectivity index is 2.13. The number of nitrogens with one attached hydrogen (secondary N) is 2. The summed E-state index contributed by atoms with van der Waals surface area (Å²) < 4.78 is 0. The normalized spacial score (nSPS) is 18.9. The number of amides is 1. The van der Waals surface area contributed by atoms with E-state index in [4.69, 9.17) is 16.7 Å². The fourth-order valence-corrected chi connectivity index (χ4v) is 2.27. The molecule has 102 valence electrons. The second-order valence-corrected chi connectivity index (χ2v) is 4.92. The second-order valence-electron chi connectivity index (χ2n) is 4.49. The molecule has 0 spiro atoms. The van der Waals surface area contributed by atoms with E-state index in [1.807, 2.05) is 0 Å². The minimum atomic E-state index is -1.12. The van der Waals surface area contributed by atoms with Gasteiger partial charge >= 0.3 is 5.97 Å². The van der Waals surface area contributed by atoms with Gasteiger partial charge in [-0.05, 0) is 37.6 Å².